The molecule has 3 N–H and O–H groups in total. The lowest BCUT2D eigenvalue weighted by Gasteiger charge is -2.30. The molecule has 0 spiro atoms. The van der Waals surface area contributed by atoms with Crippen molar-refractivity contribution in [3.8, 4) is 5.75 Å². The molecule has 2 rings (SSSR count). The van der Waals surface area contributed by atoms with Crippen molar-refractivity contribution in [3.05, 3.63) is 18.0 Å². The van der Waals surface area contributed by atoms with Gasteiger partial charge in [-0.15, -0.1) is 0 Å². The Balaban J connectivity index is 2.13. The fraction of sp³-hybridized carbons (Fsp3) is 0.615. The zero-order valence-corrected chi connectivity index (χ0v) is 10.6. The molecule has 94 valence electrons. The first-order valence-corrected chi connectivity index (χ1v) is 6.23. The standard InChI is InChI=1S/C13H21N3O/c1-9-7-12(13(17-2)8-15-9)16-11-6-4-3-5-10(11)14/h7-8,10-11H,3-6,14H2,1-2H3,(H,15,16)/t10-,11-/m1/s1. The molecule has 17 heavy (non-hydrogen) atoms. The van der Waals surface area contributed by atoms with Gasteiger partial charge in [0.2, 0.25) is 0 Å². The predicted octanol–water partition coefficient (Wildman–Crippen LogP) is 2.08. The average Bonchev–Trinajstić information content (AvgIpc) is 2.32. The Labute approximate surface area is 103 Å². The van der Waals surface area contributed by atoms with E-state index >= 15 is 0 Å². The number of rotatable bonds is 3. The topological polar surface area (TPSA) is 60.2 Å². The molecule has 1 saturated carbocycles. The van der Waals surface area contributed by atoms with Crippen molar-refractivity contribution >= 4 is 5.69 Å². The van der Waals surface area contributed by atoms with Gasteiger partial charge in [-0.1, -0.05) is 12.8 Å². The SMILES string of the molecule is COc1cnc(C)cc1N[C@@H]1CCCC[C@H]1N. The molecule has 0 unspecified atom stereocenters. The van der Waals surface area contributed by atoms with Crippen molar-refractivity contribution in [2.75, 3.05) is 12.4 Å². The van der Waals surface area contributed by atoms with E-state index in [4.69, 9.17) is 10.5 Å². The molecule has 1 heterocycles. The highest BCUT2D eigenvalue weighted by atomic mass is 16.5. The van der Waals surface area contributed by atoms with Crippen LogP contribution in [-0.2, 0) is 0 Å². The van der Waals surface area contributed by atoms with Gasteiger partial charge >= 0.3 is 0 Å². The number of aryl methyl sites for hydroxylation is 1. The van der Waals surface area contributed by atoms with E-state index in [9.17, 15) is 0 Å². The average molecular weight is 235 g/mol. The summed E-state index contributed by atoms with van der Waals surface area (Å²) in [5.74, 6) is 0.786. The van der Waals surface area contributed by atoms with Gasteiger partial charge in [-0.2, -0.15) is 0 Å². The lowest BCUT2D eigenvalue weighted by atomic mass is 9.91. The smallest absolute Gasteiger partial charge is 0.160 e. The van der Waals surface area contributed by atoms with Crippen molar-refractivity contribution < 1.29 is 4.74 Å². The van der Waals surface area contributed by atoms with Crippen LogP contribution in [0, 0.1) is 6.92 Å². The summed E-state index contributed by atoms with van der Waals surface area (Å²) in [5, 5.41) is 3.50. The Bertz CT molecular complexity index is 381. The number of methoxy groups -OCH3 is 1. The van der Waals surface area contributed by atoms with E-state index in [0.717, 1.165) is 30.0 Å². The number of pyridine rings is 1. The molecule has 0 aromatic carbocycles. The fourth-order valence-electron chi connectivity index (χ4n) is 2.36. The summed E-state index contributed by atoms with van der Waals surface area (Å²) in [6.07, 6.45) is 6.48. The van der Waals surface area contributed by atoms with Gasteiger partial charge in [-0.25, -0.2) is 0 Å². The lowest BCUT2D eigenvalue weighted by Crippen LogP contribution is -2.42. The minimum absolute atomic E-state index is 0.238. The third-order valence-electron chi connectivity index (χ3n) is 3.38. The first-order valence-electron chi connectivity index (χ1n) is 6.23. The number of hydrogen-bond donors (Lipinski definition) is 2. The van der Waals surface area contributed by atoms with Crippen LogP contribution in [0.25, 0.3) is 0 Å². The van der Waals surface area contributed by atoms with Crippen molar-refractivity contribution in [3.63, 3.8) is 0 Å². The Morgan fingerprint density at radius 2 is 2.18 bits per heavy atom. The Morgan fingerprint density at radius 3 is 2.88 bits per heavy atom. The molecule has 0 aliphatic heterocycles. The summed E-state index contributed by atoms with van der Waals surface area (Å²) in [7, 11) is 1.67. The second-order valence-electron chi connectivity index (χ2n) is 4.73. The number of nitrogens with one attached hydrogen (secondary N) is 1. The highest BCUT2D eigenvalue weighted by molar-refractivity contribution is 5.56. The minimum atomic E-state index is 0.238. The van der Waals surface area contributed by atoms with E-state index in [1.54, 1.807) is 13.3 Å². The van der Waals surface area contributed by atoms with Crippen molar-refractivity contribution in [2.24, 2.45) is 5.73 Å². The summed E-state index contributed by atoms with van der Waals surface area (Å²) >= 11 is 0. The summed E-state index contributed by atoms with van der Waals surface area (Å²) in [6, 6.07) is 2.60. The van der Waals surface area contributed by atoms with Crippen molar-refractivity contribution in [2.45, 2.75) is 44.7 Å². The number of nitrogens with zero attached hydrogens (tertiary/aromatic N) is 1. The van der Waals surface area contributed by atoms with E-state index in [1.807, 2.05) is 13.0 Å². The van der Waals surface area contributed by atoms with E-state index in [0.29, 0.717) is 6.04 Å². The van der Waals surface area contributed by atoms with Gasteiger partial charge in [0.15, 0.2) is 5.75 Å². The monoisotopic (exact) mass is 235 g/mol. The molecule has 1 aromatic rings. The Kier molecular flexibility index (Phi) is 3.84. The Hall–Kier alpha value is -1.29. The molecule has 1 fully saturated rings. The second-order valence-corrected chi connectivity index (χ2v) is 4.73. The Morgan fingerprint density at radius 1 is 1.41 bits per heavy atom. The quantitative estimate of drug-likeness (QED) is 0.842. The van der Waals surface area contributed by atoms with Crippen LogP contribution >= 0.6 is 0 Å². The van der Waals surface area contributed by atoms with Gasteiger partial charge in [0.25, 0.3) is 0 Å². The van der Waals surface area contributed by atoms with Gasteiger partial charge in [-0.3, -0.25) is 4.98 Å². The van der Waals surface area contributed by atoms with Crippen LogP contribution in [0.2, 0.25) is 0 Å². The van der Waals surface area contributed by atoms with Crippen molar-refractivity contribution in [1.29, 1.82) is 0 Å². The minimum Gasteiger partial charge on any atom is -0.493 e. The van der Waals surface area contributed by atoms with Crippen LogP contribution in [0.1, 0.15) is 31.4 Å². The molecule has 4 heteroatoms. The summed E-state index contributed by atoms with van der Waals surface area (Å²) < 4.78 is 5.31. The maximum atomic E-state index is 6.14. The maximum Gasteiger partial charge on any atom is 0.160 e. The molecule has 0 saturated heterocycles. The van der Waals surface area contributed by atoms with Gasteiger partial charge in [0.1, 0.15) is 0 Å². The molecular weight excluding hydrogens is 214 g/mol. The van der Waals surface area contributed by atoms with Crippen LogP contribution in [0.4, 0.5) is 5.69 Å². The third-order valence-corrected chi connectivity index (χ3v) is 3.38. The maximum absolute atomic E-state index is 6.14. The zero-order chi connectivity index (χ0) is 12.3. The molecular formula is C13H21N3O. The molecule has 1 aromatic heterocycles. The van der Waals surface area contributed by atoms with Crippen LogP contribution in [-0.4, -0.2) is 24.2 Å². The van der Waals surface area contributed by atoms with E-state index in [-0.39, 0.29) is 6.04 Å². The van der Waals surface area contributed by atoms with Gasteiger partial charge in [0.05, 0.1) is 19.0 Å². The van der Waals surface area contributed by atoms with E-state index < -0.39 is 0 Å². The van der Waals surface area contributed by atoms with Gasteiger partial charge in [0, 0.05) is 17.8 Å². The lowest BCUT2D eigenvalue weighted by molar-refractivity contribution is 0.395. The van der Waals surface area contributed by atoms with E-state index in [1.165, 1.54) is 12.8 Å². The molecule has 1 aliphatic rings. The van der Waals surface area contributed by atoms with Crippen LogP contribution in [0.15, 0.2) is 12.3 Å². The molecule has 1 aliphatic carbocycles. The number of ether oxygens (including phenoxy) is 1. The summed E-state index contributed by atoms with van der Waals surface area (Å²) in [6.45, 7) is 1.98. The summed E-state index contributed by atoms with van der Waals surface area (Å²) in [4.78, 5) is 4.23. The molecule has 2 atom stereocenters. The highest BCUT2D eigenvalue weighted by Gasteiger charge is 2.22. The highest BCUT2D eigenvalue weighted by Crippen LogP contribution is 2.27. The van der Waals surface area contributed by atoms with Gasteiger partial charge < -0.3 is 15.8 Å². The zero-order valence-electron chi connectivity index (χ0n) is 10.6. The predicted molar refractivity (Wildman–Crippen MR) is 69.4 cm³/mol. The molecule has 0 bridgehead atoms. The summed E-state index contributed by atoms with van der Waals surface area (Å²) in [5.41, 5.74) is 8.12. The third kappa shape index (κ3) is 2.88. The first-order chi connectivity index (χ1) is 8.20. The number of nitrogens with two attached hydrogens (primary N) is 1. The van der Waals surface area contributed by atoms with Gasteiger partial charge in [-0.05, 0) is 25.8 Å². The molecule has 0 radical (unpaired) electrons. The van der Waals surface area contributed by atoms with Crippen LogP contribution in [0.5, 0.6) is 5.75 Å². The number of aromatic nitrogens is 1. The van der Waals surface area contributed by atoms with Crippen LogP contribution < -0.4 is 15.8 Å². The van der Waals surface area contributed by atoms with Crippen molar-refractivity contribution in [1.82, 2.24) is 4.98 Å². The second kappa shape index (κ2) is 5.36. The molecule has 4 nitrogen and oxygen atoms in total. The van der Waals surface area contributed by atoms with Crippen LogP contribution in [0.3, 0.4) is 0 Å². The fourth-order valence-corrected chi connectivity index (χ4v) is 2.36. The van der Waals surface area contributed by atoms with E-state index in [2.05, 4.69) is 10.3 Å². The molecule has 0 amide bonds. The number of anilines is 1. The first kappa shape index (κ1) is 12.2. The largest absolute Gasteiger partial charge is 0.493 e. The number of hydrogen-bond acceptors (Lipinski definition) is 4. The normalized spacial score (nSPS) is 24.4.